The van der Waals surface area contributed by atoms with Crippen LogP contribution in [0.4, 0.5) is 4.79 Å². The van der Waals surface area contributed by atoms with Crippen LogP contribution in [0.5, 0.6) is 0 Å². The van der Waals surface area contributed by atoms with Gasteiger partial charge in [-0.3, -0.25) is 14.4 Å². The Morgan fingerprint density at radius 2 is 1.65 bits per heavy atom. The van der Waals surface area contributed by atoms with E-state index in [1.165, 1.54) is 0 Å². The van der Waals surface area contributed by atoms with Crippen LogP contribution in [0.15, 0.2) is 25.3 Å². The van der Waals surface area contributed by atoms with E-state index in [0.29, 0.717) is 38.5 Å². The molecule has 11 heteroatoms. The zero-order valence-corrected chi connectivity index (χ0v) is 31.7. The summed E-state index contributed by atoms with van der Waals surface area (Å²) >= 11 is 0. The smallest absolute Gasteiger partial charge is 0.481 e. The first-order chi connectivity index (χ1) is 23.8. The van der Waals surface area contributed by atoms with Crippen molar-refractivity contribution in [3.8, 4) is 0 Å². The number of carbonyl (C=O) groups excluding carboxylic acids is 3. The Bertz CT molecular complexity index is 1690. The topological polar surface area (TPSA) is 162 Å². The van der Waals surface area contributed by atoms with Crippen LogP contribution in [0.25, 0.3) is 0 Å². The average Bonchev–Trinajstić information content (AvgIpc) is 3.39. The predicted octanol–water partition coefficient (Wildman–Crippen LogP) is 7.52. The van der Waals surface area contributed by atoms with Gasteiger partial charge in [-0.2, -0.15) is 0 Å². The number of hydrogen-bond acceptors (Lipinski definition) is 9. The van der Waals surface area contributed by atoms with Crippen LogP contribution in [0.1, 0.15) is 131 Å². The normalized spacial score (nSPS) is 41.6. The number of aryl methyl sites for hydroxylation is 1. The Kier molecular flexibility index (Phi) is 9.27. The van der Waals surface area contributed by atoms with Crippen LogP contribution < -0.4 is 11.1 Å². The molecule has 1 aromatic heterocycles. The minimum absolute atomic E-state index is 0.00341. The third-order valence-corrected chi connectivity index (χ3v) is 15.4. The number of rotatable bonds is 8. The largest absolute Gasteiger partial charge is 0.519 e. The number of allylic oxidation sites excluding steroid dienone is 2. The van der Waals surface area contributed by atoms with Crippen molar-refractivity contribution in [2.75, 3.05) is 6.61 Å². The summed E-state index contributed by atoms with van der Waals surface area (Å²) < 4.78 is 21.5. The van der Waals surface area contributed by atoms with Gasteiger partial charge in [-0.25, -0.2) is 9.59 Å². The summed E-state index contributed by atoms with van der Waals surface area (Å²) in [5, 5.41) is 13.3. The molecule has 4 fully saturated rings. The average molecular weight is 712 g/mol. The second-order valence-corrected chi connectivity index (χ2v) is 18.1. The fourth-order valence-electron chi connectivity index (χ4n) is 11.9. The first kappa shape index (κ1) is 37.4. The molecule has 10 atom stereocenters. The quantitative estimate of drug-likeness (QED) is 0.204. The molecule has 1 amide bonds. The van der Waals surface area contributed by atoms with Crippen molar-refractivity contribution in [2.45, 2.75) is 139 Å². The Morgan fingerprint density at radius 3 is 2.29 bits per heavy atom. The van der Waals surface area contributed by atoms with Crippen LogP contribution in [-0.2, 0) is 30.5 Å². The van der Waals surface area contributed by atoms with Gasteiger partial charge in [0, 0.05) is 12.0 Å². The van der Waals surface area contributed by atoms with Gasteiger partial charge >= 0.3 is 23.9 Å². The summed E-state index contributed by atoms with van der Waals surface area (Å²) in [4.78, 5) is 66.6. The van der Waals surface area contributed by atoms with Crippen molar-refractivity contribution < 1.29 is 42.6 Å². The van der Waals surface area contributed by atoms with Crippen LogP contribution >= 0.6 is 0 Å². The van der Waals surface area contributed by atoms with Crippen molar-refractivity contribution in [1.29, 1.82) is 0 Å². The van der Waals surface area contributed by atoms with Crippen LogP contribution in [-0.4, -0.2) is 41.6 Å². The van der Waals surface area contributed by atoms with Crippen molar-refractivity contribution in [2.24, 2.45) is 50.2 Å². The fraction of sp³-hybridized carbons (Fsp3) is 0.775. The molecule has 0 unspecified atom stereocenters. The lowest BCUT2D eigenvalue weighted by Gasteiger charge is -2.70. The van der Waals surface area contributed by atoms with Crippen molar-refractivity contribution >= 4 is 23.8 Å². The molecule has 1 aromatic rings. The SMILES string of the molecule is CCCCOC(=O)N[C@H]1CC[C@@]2(C)[C@@H](CC[C@]3(C)[C@@H]2C(=O)C=C2[C@@H]4C[C@@](C)(C(=O)O)CC[C@]4(C)CC[C@]23C)[C@]1(C)C(=O)OCc1oc(=O)oc1C. The predicted molar refractivity (Wildman–Crippen MR) is 186 cm³/mol. The lowest BCUT2D eigenvalue weighted by Crippen LogP contribution is -2.69. The number of carboxylic acids is 1. The van der Waals surface area contributed by atoms with E-state index in [1.54, 1.807) is 6.92 Å². The van der Waals surface area contributed by atoms with E-state index >= 15 is 0 Å². The van der Waals surface area contributed by atoms with Crippen LogP contribution in [0, 0.1) is 57.2 Å². The summed E-state index contributed by atoms with van der Waals surface area (Å²) in [6, 6.07) is -0.620. The molecule has 6 rings (SSSR count). The Hall–Kier alpha value is -3.37. The van der Waals surface area contributed by atoms with E-state index in [4.69, 9.17) is 18.3 Å². The second-order valence-electron chi connectivity index (χ2n) is 18.1. The van der Waals surface area contributed by atoms with E-state index in [0.717, 1.165) is 37.7 Å². The Labute approximate surface area is 300 Å². The number of esters is 1. The lowest BCUT2D eigenvalue weighted by molar-refractivity contribution is -0.205. The Balaban J connectivity index is 1.37. The summed E-state index contributed by atoms with van der Waals surface area (Å²) in [5.41, 5.74) is -2.39. The molecule has 282 valence electrons. The standard InChI is InChI=1S/C40H57NO10/c1-9-10-19-48-33(46)41-29-12-13-37(5)28(40(29,8)32(45)49-22-27-23(2)50-34(47)51-27)11-14-39(7)30(37)26(42)20-24-25-21-36(4,31(43)44)16-15-35(25,3)17-18-38(24,39)6/h20,25,28-30H,9-19,21-22H2,1-8H3,(H,41,46)(H,43,44)/t25-,28+,29-,30+,35+,36-,37-,38+,39+,40-/m0/s1. The molecule has 0 spiro atoms. The number of alkyl carbamates (subject to hydrolysis) is 1. The number of carbonyl (C=O) groups is 4. The highest BCUT2D eigenvalue weighted by Crippen LogP contribution is 2.75. The molecular formula is C40H57NO10. The number of ether oxygens (including phenoxy) is 2. The van der Waals surface area contributed by atoms with E-state index in [9.17, 15) is 29.1 Å². The summed E-state index contributed by atoms with van der Waals surface area (Å²) in [7, 11) is 0. The van der Waals surface area contributed by atoms with Gasteiger partial charge in [0.2, 0.25) is 0 Å². The molecule has 51 heavy (non-hydrogen) atoms. The summed E-state index contributed by atoms with van der Waals surface area (Å²) in [5.74, 6) is -2.51. The van der Waals surface area contributed by atoms with E-state index in [-0.39, 0.29) is 53.2 Å². The summed E-state index contributed by atoms with van der Waals surface area (Å²) in [6.07, 6.45) is 9.12. The summed E-state index contributed by atoms with van der Waals surface area (Å²) in [6.45, 7) is 16.2. The number of ketones is 1. The van der Waals surface area contributed by atoms with Gasteiger partial charge in [-0.05, 0) is 125 Å². The molecule has 0 bridgehead atoms. The van der Waals surface area contributed by atoms with E-state index in [2.05, 4.69) is 33.0 Å². The molecule has 11 nitrogen and oxygen atoms in total. The highest BCUT2D eigenvalue weighted by Gasteiger charge is 2.72. The molecule has 1 heterocycles. The molecule has 5 aliphatic rings. The number of carboxylic acid groups (broad SMARTS) is 1. The lowest BCUT2D eigenvalue weighted by atomic mass is 9.33. The zero-order chi connectivity index (χ0) is 37.4. The highest BCUT2D eigenvalue weighted by molar-refractivity contribution is 5.96. The van der Waals surface area contributed by atoms with Crippen LogP contribution in [0.3, 0.4) is 0 Å². The van der Waals surface area contributed by atoms with Gasteiger partial charge in [0.05, 0.1) is 17.4 Å². The molecule has 0 aliphatic heterocycles. The minimum Gasteiger partial charge on any atom is -0.481 e. The minimum atomic E-state index is -1.24. The maximum absolute atomic E-state index is 14.9. The number of fused-ring (bicyclic) bond motifs is 7. The van der Waals surface area contributed by atoms with Crippen molar-refractivity contribution in [3.05, 3.63) is 33.8 Å². The Morgan fingerprint density at radius 1 is 0.941 bits per heavy atom. The molecular weight excluding hydrogens is 654 g/mol. The number of nitrogens with one attached hydrogen (secondary N) is 1. The molecule has 2 N–H and O–H groups in total. The second kappa shape index (κ2) is 12.6. The van der Waals surface area contributed by atoms with Crippen LogP contribution in [0.2, 0.25) is 0 Å². The highest BCUT2D eigenvalue weighted by atomic mass is 16.6. The van der Waals surface area contributed by atoms with Gasteiger partial charge in [-0.15, -0.1) is 0 Å². The first-order valence-corrected chi connectivity index (χ1v) is 19.0. The molecule has 0 radical (unpaired) electrons. The monoisotopic (exact) mass is 711 g/mol. The number of aliphatic carboxylic acids is 1. The number of amides is 1. The zero-order valence-electron chi connectivity index (χ0n) is 31.7. The molecule has 0 saturated heterocycles. The fourth-order valence-corrected chi connectivity index (χ4v) is 11.9. The molecule has 0 aromatic carbocycles. The maximum Gasteiger partial charge on any atom is 0.519 e. The maximum atomic E-state index is 14.9. The molecule has 4 saturated carbocycles. The third-order valence-electron chi connectivity index (χ3n) is 15.4. The molecule has 5 aliphatic carbocycles. The van der Waals surface area contributed by atoms with Gasteiger partial charge < -0.3 is 28.7 Å². The van der Waals surface area contributed by atoms with E-state index in [1.807, 2.05) is 26.8 Å². The number of hydrogen-bond donors (Lipinski definition) is 2. The van der Waals surface area contributed by atoms with Gasteiger partial charge in [0.15, 0.2) is 23.9 Å². The van der Waals surface area contributed by atoms with Crippen molar-refractivity contribution in [3.63, 3.8) is 0 Å². The third kappa shape index (κ3) is 5.61. The van der Waals surface area contributed by atoms with Gasteiger partial charge in [0.25, 0.3) is 0 Å². The van der Waals surface area contributed by atoms with E-state index < -0.39 is 57.5 Å². The van der Waals surface area contributed by atoms with Gasteiger partial charge in [-0.1, -0.05) is 46.6 Å². The van der Waals surface area contributed by atoms with Crippen molar-refractivity contribution in [1.82, 2.24) is 5.32 Å². The first-order valence-electron chi connectivity index (χ1n) is 19.0. The number of unbranched alkanes of at least 4 members (excludes halogenated alkanes) is 1. The van der Waals surface area contributed by atoms with Gasteiger partial charge in [0.1, 0.15) is 0 Å².